The van der Waals surface area contributed by atoms with Crippen LogP contribution in [0.15, 0.2) is 60.8 Å². The zero-order chi connectivity index (χ0) is 55.5. The minimum absolute atomic E-state index is 0.0561. The molecule has 4 heteroatoms. The Bertz CT molecular complexity index is 1270. The van der Waals surface area contributed by atoms with E-state index in [2.05, 4.69) is 67.8 Å². The lowest BCUT2D eigenvalue weighted by molar-refractivity contribution is -0.123. The van der Waals surface area contributed by atoms with E-state index in [0.29, 0.717) is 6.42 Å². The second-order valence-corrected chi connectivity index (χ2v) is 23.9. The van der Waals surface area contributed by atoms with Crippen molar-refractivity contribution < 1.29 is 15.0 Å². The van der Waals surface area contributed by atoms with E-state index in [1.54, 1.807) is 6.08 Å². The van der Waals surface area contributed by atoms with Gasteiger partial charge in [-0.25, -0.2) is 0 Å². The number of allylic oxidation sites excluding steroid dienone is 9. The molecule has 0 saturated carbocycles. The number of nitrogens with one attached hydrogen (secondary N) is 1. The fourth-order valence-electron chi connectivity index (χ4n) is 11.0. The highest BCUT2D eigenvalue weighted by Crippen LogP contribution is 2.19. The summed E-state index contributed by atoms with van der Waals surface area (Å²) in [7, 11) is 0. The van der Waals surface area contributed by atoms with Crippen LogP contribution < -0.4 is 5.32 Å². The molecule has 0 aromatic carbocycles. The second kappa shape index (κ2) is 68.4. The first-order chi connectivity index (χ1) is 38.2. The van der Waals surface area contributed by atoms with Gasteiger partial charge >= 0.3 is 0 Å². The number of rotatable bonds is 65. The highest BCUT2D eigenvalue weighted by atomic mass is 16.3. The van der Waals surface area contributed by atoms with Crippen LogP contribution in [0.4, 0.5) is 0 Å². The van der Waals surface area contributed by atoms with Crippen molar-refractivity contribution in [1.82, 2.24) is 5.32 Å². The third kappa shape index (κ3) is 64.8. The molecule has 0 fully saturated rings. The van der Waals surface area contributed by atoms with Crippen LogP contribution in [0.25, 0.3) is 0 Å². The van der Waals surface area contributed by atoms with E-state index < -0.39 is 12.1 Å². The van der Waals surface area contributed by atoms with Gasteiger partial charge in [0, 0.05) is 6.42 Å². The molecule has 452 valence electrons. The minimum Gasteiger partial charge on any atom is -0.394 e. The van der Waals surface area contributed by atoms with Crippen molar-refractivity contribution in [3.8, 4) is 0 Å². The topological polar surface area (TPSA) is 69.6 Å². The summed E-state index contributed by atoms with van der Waals surface area (Å²) in [5, 5.41) is 23.3. The van der Waals surface area contributed by atoms with Crippen LogP contribution in [0.2, 0.25) is 0 Å². The van der Waals surface area contributed by atoms with Crippen LogP contribution in [0.1, 0.15) is 380 Å². The van der Waals surface area contributed by atoms with Crippen molar-refractivity contribution in [2.45, 2.75) is 392 Å². The maximum atomic E-state index is 12.5. The van der Waals surface area contributed by atoms with E-state index in [1.165, 1.54) is 308 Å². The molecule has 0 aromatic heterocycles. The SMILES string of the molecule is CC/C=C\C/C=C\C/C=C\C/C=C\CCCCCCCCCCCCCCCCCCCCCCCCCCCCC(=O)NC(CO)C(O)/C=C/CCCCCCCCCCCCCCCCCCCCCCCCCC. The van der Waals surface area contributed by atoms with Gasteiger partial charge in [0.15, 0.2) is 0 Å². The van der Waals surface area contributed by atoms with Gasteiger partial charge in [-0.3, -0.25) is 4.79 Å². The predicted molar refractivity (Wildman–Crippen MR) is 345 cm³/mol. The Morgan fingerprint density at radius 3 is 0.857 bits per heavy atom. The van der Waals surface area contributed by atoms with Gasteiger partial charge in [-0.15, -0.1) is 0 Å². The lowest BCUT2D eigenvalue weighted by atomic mass is 10.0. The summed E-state index contributed by atoms with van der Waals surface area (Å²) in [6.07, 6.45) is 97.4. The van der Waals surface area contributed by atoms with Gasteiger partial charge in [-0.05, 0) is 57.8 Å². The smallest absolute Gasteiger partial charge is 0.220 e. The fourth-order valence-corrected chi connectivity index (χ4v) is 11.0. The maximum absolute atomic E-state index is 12.5. The molecule has 0 bridgehead atoms. The van der Waals surface area contributed by atoms with Crippen LogP contribution in [-0.4, -0.2) is 34.9 Å². The molecule has 0 aliphatic rings. The maximum Gasteiger partial charge on any atom is 0.220 e. The van der Waals surface area contributed by atoms with Crippen LogP contribution in [0, 0.1) is 0 Å². The quantitative estimate of drug-likeness (QED) is 0.0420. The molecule has 0 radical (unpaired) electrons. The Hall–Kier alpha value is -1.91. The summed E-state index contributed by atoms with van der Waals surface area (Å²) >= 11 is 0. The average molecular weight is 1080 g/mol. The molecule has 0 aliphatic carbocycles. The highest BCUT2D eigenvalue weighted by Gasteiger charge is 2.18. The molecule has 0 spiro atoms. The van der Waals surface area contributed by atoms with E-state index in [9.17, 15) is 15.0 Å². The number of carbonyl (C=O) groups is 1. The Morgan fingerprint density at radius 1 is 0.325 bits per heavy atom. The summed E-state index contributed by atoms with van der Waals surface area (Å²) in [6.45, 7) is 4.24. The Balaban J connectivity index is 3.41. The number of aliphatic hydroxyl groups excluding tert-OH is 2. The van der Waals surface area contributed by atoms with Crippen LogP contribution in [0.3, 0.4) is 0 Å². The second-order valence-electron chi connectivity index (χ2n) is 23.9. The number of hydrogen-bond donors (Lipinski definition) is 3. The number of aliphatic hydroxyl groups is 2. The molecule has 77 heavy (non-hydrogen) atoms. The first-order valence-electron chi connectivity index (χ1n) is 35.0. The normalized spacial score (nSPS) is 13.0. The summed E-state index contributed by atoms with van der Waals surface area (Å²) in [5.74, 6) is -0.0561. The Labute approximate surface area is 483 Å². The average Bonchev–Trinajstić information content (AvgIpc) is 3.43. The third-order valence-electron chi connectivity index (χ3n) is 16.3. The Morgan fingerprint density at radius 2 is 0.571 bits per heavy atom. The van der Waals surface area contributed by atoms with E-state index in [-0.39, 0.29) is 12.5 Å². The van der Waals surface area contributed by atoms with E-state index in [4.69, 9.17) is 0 Å². The third-order valence-corrected chi connectivity index (χ3v) is 16.3. The van der Waals surface area contributed by atoms with Gasteiger partial charge < -0.3 is 15.5 Å². The number of amides is 1. The zero-order valence-corrected chi connectivity index (χ0v) is 52.2. The summed E-state index contributed by atoms with van der Waals surface area (Å²) in [6, 6.07) is -0.623. The largest absolute Gasteiger partial charge is 0.394 e. The molecule has 0 heterocycles. The molecule has 0 saturated heterocycles. The van der Waals surface area contributed by atoms with Crippen molar-refractivity contribution in [2.75, 3.05) is 6.61 Å². The predicted octanol–water partition coefficient (Wildman–Crippen LogP) is 23.9. The number of hydrogen-bond acceptors (Lipinski definition) is 3. The van der Waals surface area contributed by atoms with E-state index >= 15 is 0 Å². The van der Waals surface area contributed by atoms with Crippen molar-refractivity contribution in [2.24, 2.45) is 0 Å². The molecule has 2 unspecified atom stereocenters. The van der Waals surface area contributed by atoms with E-state index in [0.717, 1.165) is 51.4 Å². The van der Waals surface area contributed by atoms with Gasteiger partial charge in [0.2, 0.25) is 5.91 Å². The zero-order valence-electron chi connectivity index (χ0n) is 52.2. The molecule has 2 atom stereocenters. The van der Waals surface area contributed by atoms with Crippen LogP contribution in [0.5, 0.6) is 0 Å². The van der Waals surface area contributed by atoms with E-state index in [1.807, 2.05) is 6.08 Å². The monoisotopic (exact) mass is 1080 g/mol. The molecule has 1 amide bonds. The van der Waals surface area contributed by atoms with Gasteiger partial charge in [-0.2, -0.15) is 0 Å². The highest BCUT2D eigenvalue weighted by molar-refractivity contribution is 5.76. The first-order valence-corrected chi connectivity index (χ1v) is 35.0. The molecule has 0 aromatic rings. The summed E-state index contributed by atoms with van der Waals surface area (Å²) in [4.78, 5) is 12.5. The number of unbranched alkanes of at least 4 members (excludes halogenated alkanes) is 50. The summed E-state index contributed by atoms with van der Waals surface area (Å²) < 4.78 is 0. The van der Waals surface area contributed by atoms with Crippen molar-refractivity contribution in [1.29, 1.82) is 0 Å². The van der Waals surface area contributed by atoms with Crippen molar-refractivity contribution in [3.63, 3.8) is 0 Å². The Kier molecular flexibility index (Phi) is 66.7. The molecule has 3 N–H and O–H groups in total. The lowest BCUT2D eigenvalue weighted by Gasteiger charge is -2.20. The molecule has 0 rings (SSSR count). The van der Waals surface area contributed by atoms with Crippen molar-refractivity contribution >= 4 is 5.91 Å². The number of carbonyl (C=O) groups excluding carboxylic acids is 1. The standard InChI is InChI=1S/C73H137NO3/c1-3-5-7-9-11-13-15-17-19-21-23-25-27-29-31-32-33-34-35-36-37-38-39-40-41-42-43-45-47-49-51-53-55-57-59-61-63-65-67-69-73(77)74-71(70-75)72(76)68-66-64-62-60-58-56-54-52-50-48-46-44-30-28-26-24-22-20-18-16-14-12-10-8-6-4-2/h5,7,11,13,17,19,23,25,66,68,71-72,75-76H,3-4,6,8-10,12,14-16,18,20-22,24,26-65,67,69-70H2,1-2H3,(H,74,77)/b7-5-,13-11-,19-17-,25-23-,68-66+. The van der Waals surface area contributed by atoms with Gasteiger partial charge in [0.1, 0.15) is 0 Å². The first kappa shape index (κ1) is 75.1. The van der Waals surface area contributed by atoms with Gasteiger partial charge in [-0.1, -0.05) is 376 Å². The van der Waals surface area contributed by atoms with Crippen molar-refractivity contribution in [3.05, 3.63) is 60.8 Å². The van der Waals surface area contributed by atoms with Gasteiger partial charge in [0.25, 0.3) is 0 Å². The molecule has 0 aliphatic heterocycles. The fraction of sp³-hybridized carbons (Fsp3) is 0.849. The molecule has 4 nitrogen and oxygen atoms in total. The summed E-state index contributed by atoms with van der Waals surface area (Å²) in [5.41, 5.74) is 0. The molecular formula is C73H137NO3. The molecular weight excluding hydrogens is 939 g/mol. The van der Waals surface area contributed by atoms with Gasteiger partial charge in [0.05, 0.1) is 18.8 Å². The minimum atomic E-state index is -0.840. The lowest BCUT2D eigenvalue weighted by Crippen LogP contribution is -2.45. The van der Waals surface area contributed by atoms with Crippen LogP contribution >= 0.6 is 0 Å². The van der Waals surface area contributed by atoms with Crippen LogP contribution in [-0.2, 0) is 4.79 Å².